The van der Waals surface area contributed by atoms with Gasteiger partial charge in [0.15, 0.2) is 8.24 Å². The standard InChI is InChI=1S/C8H18N3PSi/c1-8(2,3)7-9-10-11(12-7)13(4,5)6/h1-6H3. The third kappa shape index (κ3) is 2.61. The average Bonchev–Trinajstić information content (AvgIpc) is 2.28. The van der Waals surface area contributed by atoms with Crippen LogP contribution < -0.4 is 0 Å². The minimum Gasteiger partial charge on any atom is -0.258 e. The molecule has 0 amide bonds. The van der Waals surface area contributed by atoms with Crippen molar-refractivity contribution in [3.8, 4) is 0 Å². The summed E-state index contributed by atoms with van der Waals surface area (Å²) in [4.78, 5) is 0. The van der Waals surface area contributed by atoms with E-state index in [0.29, 0.717) is 0 Å². The van der Waals surface area contributed by atoms with Crippen LogP contribution in [0.3, 0.4) is 0 Å². The molecule has 0 aliphatic heterocycles. The summed E-state index contributed by atoms with van der Waals surface area (Å²) in [7, 11) is -0.118. The van der Waals surface area contributed by atoms with Gasteiger partial charge in [-0.05, 0) is 19.6 Å². The molecule has 0 bridgehead atoms. The molecule has 0 fully saturated rings. The van der Waals surface area contributed by atoms with Crippen LogP contribution in [0.15, 0.2) is 0 Å². The lowest BCUT2D eigenvalue weighted by molar-refractivity contribution is 0.576. The number of hydrogen-bond acceptors (Lipinski definition) is 2. The molecule has 0 saturated heterocycles. The van der Waals surface area contributed by atoms with Crippen molar-refractivity contribution in [3.63, 3.8) is 0 Å². The third-order valence-electron chi connectivity index (χ3n) is 1.68. The maximum Gasteiger partial charge on any atom is 0.184 e. The Morgan fingerprint density at radius 2 is 1.77 bits per heavy atom. The Morgan fingerprint density at radius 1 is 1.23 bits per heavy atom. The number of nitrogens with zero attached hydrogens (tertiary/aromatic N) is 3. The molecule has 3 nitrogen and oxygen atoms in total. The summed E-state index contributed by atoms with van der Waals surface area (Å²) >= 11 is 0. The number of aromatic nitrogens is 3. The van der Waals surface area contributed by atoms with Gasteiger partial charge in [0.25, 0.3) is 0 Å². The van der Waals surface area contributed by atoms with Crippen LogP contribution in [0.4, 0.5) is 0 Å². The molecule has 0 atom stereocenters. The second-order valence-electron chi connectivity index (χ2n) is 5.32. The quantitative estimate of drug-likeness (QED) is 0.674. The summed E-state index contributed by atoms with van der Waals surface area (Å²) in [6.45, 7) is 13.4. The topological polar surface area (TPSA) is 30.7 Å². The lowest BCUT2D eigenvalue weighted by Gasteiger charge is -2.15. The lowest BCUT2D eigenvalue weighted by atomic mass is 9.98. The fraction of sp³-hybridized carbons (Fsp3) is 0.875. The largest absolute Gasteiger partial charge is 0.258 e. The summed E-state index contributed by atoms with van der Waals surface area (Å²) in [5.74, 6) is 0. The Labute approximate surface area is 82.8 Å². The van der Waals surface area contributed by atoms with E-state index in [1.807, 2.05) is 0 Å². The highest BCUT2D eigenvalue weighted by Gasteiger charge is 2.24. The van der Waals surface area contributed by atoms with Gasteiger partial charge in [0.1, 0.15) is 5.43 Å². The zero-order valence-corrected chi connectivity index (χ0v) is 11.2. The van der Waals surface area contributed by atoms with Gasteiger partial charge >= 0.3 is 0 Å². The zero-order chi connectivity index (χ0) is 10.3. The Bertz CT molecular complexity index is 267. The lowest BCUT2D eigenvalue weighted by Crippen LogP contribution is -2.30. The average molecular weight is 215 g/mol. The van der Waals surface area contributed by atoms with Crippen LogP contribution in [0.2, 0.25) is 19.6 Å². The van der Waals surface area contributed by atoms with Crippen LogP contribution in [-0.4, -0.2) is 22.7 Å². The highest BCUT2D eigenvalue weighted by atomic mass is 31.0. The highest BCUT2D eigenvalue weighted by Crippen LogP contribution is 2.27. The number of hydrogen-bond donors (Lipinski definition) is 0. The second-order valence-corrected chi connectivity index (χ2v) is 11.5. The van der Waals surface area contributed by atoms with Crippen molar-refractivity contribution in [2.24, 2.45) is 0 Å². The van der Waals surface area contributed by atoms with E-state index in [4.69, 9.17) is 0 Å². The van der Waals surface area contributed by atoms with Crippen LogP contribution in [0.1, 0.15) is 26.2 Å². The van der Waals surface area contributed by atoms with Gasteiger partial charge in [-0.3, -0.25) is 4.11 Å². The molecule has 0 saturated carbocycles. The van der Waals surface area contributed by atoms with Crippen LogP contribution in [0.25, 0.3) is 0 Å². The first-order valence-corrected chi connectivity index (χ1v) is 8.82. The van der Waals surface area contributed by atoms with Crippen molar-refractivity contribution in [2.75, 3.05) is 0 Å². The molecule has 0 aliphatic rings. The minimum absolute atomic E-state index is 0.152. The smallest absolute Gasteiger partial charge is 0.184 e. The predicted octanol–water partition coefficient (Wildman–Crippen LogP) is 2.84. The Hall–Kier alpha value is -0.213. The van der Waals surface area contributed by atoms with Crippen LogP contribution in [0.5, 0.6) is 0 Å². The van der Waals surface area contributed by atoms with Gasteiger partial charge in [0, 0.05) is 5.41 Å². The van der Waals surface area contributed by atoms with Crippen LogP contribution in [-0.2, 0) is 5.41 Å². The SMILES string of the molecule is CC(C)(C)c1nnn([Si](C)(C)C)p1. The molecule has 5 heteroatoms. The summed E-state index contributed by atoms with van der Waals surface area (Å²) in [6.07, 6.45) is 0. The summed E-state index contributed by atoms with van der Waals surface area (Å²) in [5, 5.41) is 8.47. The van der Waals surface area contributed by atoms with Crippen LogP contribution >= 0.6 is 8.35 Å². The first kappa shape index (κ1) is 10.9. The molecule has 1 rings (SSSR count). The minimum atomic E-state index is -1.31. The van der Waals surface area contributed by atoms with Gasteiger partial charge in [-0.1, -0.05) is 26.0 Å². The van der Waals surface area contributed by atoms with E-state index in [1.54, 1.807) is 0 Å². The molecule has 0 N–H and O–H groups in total. The molecule has 74 valence electrons. The van der Waals surface area contributed by atoms with Crippen LogP contribution in [0, 0.1) is 0 Å². The van der Waals surface area contributed by atoms with Crippen molar-refractivity contribution < 1.29 is 0 Å². The van der Waals surface area contributed by atoms with Gasteiger partial charge in [-0.25, -0.2) is 0 Å². The summed E-state index contributed by atoms with van der Waals surface area (Å²) < 4.78 is 2.15. The normalized spacial score (nSPS) is 14.0. The first-order valence-electron chi connectivity index (χ1n) is 4.52. The van der Waals surface area contributed by atoms with Crippen molar-refractivity contribution in [1.82, 2.24) is 14.4 Å². The number of rotatable bonds is 1. The van der Waals surface area contributed by atoms with Gasteiger partial charge in [-0.2, -0.15) is 0 Å². The van der Waals surface area contributed by atoms with E-state index < -0.39 is 8.24 Å². The van der Waals surface area contributed by atoms with Gasteiger partial charge < -0.3 is 0 Å². The van der Waals surface area contributed by atoms with Gasteiger partial charge in [0.2, 0.25) is 0 Å². The molecule has 13 heavy (non-hydrogen) atoms. The molecule has 1 aromatic heterocycles. The molecule has 1 aromatic rings. The van der Waals surface area contributed by atoms with Gasteiger partial charge in [-0.15, -0.1) is 5.10 Å². The molecule has 1 heterocycles. The highest BCUT2D eigenvalue weighted by molar-refractivity contribution is 7.29. The molecular formula is C8H18N3PSi. The molecule has 0 unspecified atom stereocenters. The Balaban J connectivity index is 3.01. The monoisotopic (exact) mass is 215 g/mol. The Kier molecular flexibility index (Phi) is 2.65. The summed E-state index contributed by atoms with van der Waals surface area (Å²) in [6, 6.07) is 0. The molecule has 0 spiro atoms. The predicted molar refractivity (Wildman–Crippen MR) is 60.0 cm³/mol. The van der Waals surface area contributed by atoms with E-state index >= 15 is 0 Å². The fourth-order valence-electron chi connectivity index (χ4n) is 0.799. The summed E-state index contributed by atoms with van der Waals surface area (Å²) in [5.41, 5.74) is 1.33. The van der Waals surface area contributed by atoms with E-state index in [0.717, 1.165) is 0 Å². The van der Waals surface area contributed by atoms with E-state index in [-0.39, 0.29) is 5.41 Å². The zero-order valence-electron chi connectivity index (χ0n) is 9.29. The van der Waals surface area contributed by atoms with Crippen molar-refractivity contribution in [3.05, 3.63) is 5.43 Å². The molecular weight excluding hydrogens is 197 g/mol. The molecule has 0 aromatic carbocycles. The fourth-order valence-corrected chi connectivity index (χ4v) is 3.24. The second kappa shape index (κ2) is 3.17. The maximum atomic E-state index is 4.24. The molecule has 0 radical (unpaired) electrons. The van der Waals surface area contributed by atoms with E-state index in [2.05, 4.69) is 54.8 Å². The first-order chi connectivity index (χ1) is 5.71. The Morgan fingerprint density at radius 3 is 2.00 bits per heavy atom. The maximum absolute atomic E-state index is 4.24. The van der Waals surface area contributed by atoms with E-state index in [9.17, 15) is 0 Å². The van der Waals surface area contributed by atoms with Crippen molar-refractivity contribution in [2.45, 2.75) is 45.8 Å². The van der Waals surface area contributed by atoms with Gasteiger partial charge in [0.05, 0.1) is 8.35 Å². The third-order valence-corrected chi connectivity index (χ3v) is 6.29. The van der Waals surface area contributed by atoms with Crippen molar-refractivity contribution in [1.29, 1.82) is 0 Å². The van der Waals surface area contributed by atoms with E-state index in [1.165, 1.54) is 13.8 Å². The molecule has 0 aliphatic carbocycles. The van der Waals surface area contributed by atoms with Crippen molar-refractivity contribution >= 4 is 16.6 Å².